The number of carbonyl (C=O) groups is 1. The van der Waals surface area contributed by atoms with Gasteiger partial charge in [-0.05, 0) is 25.3 Å². The van der Waals surface area contributed by atoms with Crippen LogP contribution in [-0.4, -0.2) is 26.7 Å². The smallest absolute Gasteiger partial charge is 0.237 e. The summed E-state index contributed by atoms with van der Waals surface area (Å²) < 4.78 is 0. The van der Waals surface area contributed by atoms with E-state index in [2.05, 4.69) is 9.97 Å². The van der Waals surface area contributed by atoms with Crippen molar-refractivity contribution < 1.29 is 4.79 Å². The first-order chi connectivity index (χ1) is 7.60. The second-order valence-corrected chi connectivity index (χ2v) is 5.37. The number of aromatic nitrogens is 2. The monoisotopic (exact) mass is 238 g/mol. The van der Waals surface area contributed by atoms with Crippen molar-refractivity contribution in [3.05, 3.63) is 18.6 Å². The second kappa shape index (κ2) is 4.39. The molecule has 4 N–H and O–H groups in total. The molecule has 1 aromatic rings. The van der Waals surface area contributed by atoms with Crippen LogP contribution in [0.1, 0.15) is 19.3 Å². The highest BCUT2D eigenvalue weighted by Crippen LogP contribution is 2.38. The van der Waals surface area contributed by atoms with E-state index < -0.39 is 11.4 Å². The van der Waals surface area contributed by atoms with Gasteiger partial charge in [0.2, 0.25) is 5.91 Å². The molecule has 2 atom stereocenters. The van der Waals surface area contributed by atoms with Crippen LogP contribution in [0, 0.1) is 0 Å². The number of nitrogens with zero attached hydrogens (tertiary/aromatic N) is 2. The summed E-state index contributed by atoms with van der Waals surface area (Å²) in [5.74, 6) is -0.404. The Hall–Kier alpha value is -1.14. The van der Waals surface area contributed by atoms with Crippen LogP contribution in [0.5, 0.6) is 0 Å². The summed E-state index contributed by atoms with van der Waals surface area (Å²) in [6.07, 6.45) is 5.39. The molecule has 5 nitrogen and oxygen atoms in total. The van der Waals surface area contributed by atoms with Gasteiger partial charge in [-0.3, -0.25) is 4.79 Å². The summed E-state index contributed by atoms with van der Waals surface area (Å²) in [5, 5.41) is 1.22. The van der Waals surface area contributed by atoms with E-state index in [0.717, 1.165) is 11.4 Å². The molecule has 0 aliphatic heterocycles. The van der Waals surface area contributed by atoms with Gasteiger partial charge < -0.3 is 11.5 Å². The lowest BCUT2D eigenvalue weighted by Crippen LogP contribution is -2.50. The maximum absolute atomic E-state index is 11.2. The Bertz CT molecular complexity index is 386. The van der Waals surface area contributed by atoms with Gasteiger partial charge in [-0.1, -0.05) is 0 Å². The Morgan fingerprint density at radius 3 is 3.00 bits per heavy atom. The summed E-state index contributed by atoms with van der Waals surface area (Å²) >= 11 is 1.63. The minimum Gasteiger partial charge on any atom is -0.368 e. The molecule has 1 heterocycles. The lowest BCUT2D eigenvalue weighted by Gasteiger charge is -2.19. The molecule has 1 saturated carbocycles. The minimum atomic E-state index is -0.829. The number of carbonyl (C=O) groups excluding carboxylic acids is 1. The van der Waals surface area contributed by atoms with E-state index in [9.17, 15) is 4.79 Å². The van der Waals surface area contributed by atoms with Crippen LogP contribution in [0.4, 0.5) is 0 Å². The van der Waals surface area contributed by atoms with E-state index in [1.54, 1.807) is 18.0 Å². The number of hydrogen-bond acceptors (Lipinski definition) is 5. The zero-order valence-corrected chi connectivity index (χ0v) is 9.61. The third-order valence-electron chi connectivity index (χ3n) is 2.84. The molecule has 0 saturated heterocycles. The van der Waals surface area contributed by atoms with Gasteiger partial charge in [0.1, 0.15) is 6.33 Å². The highest BCUT2D eigenvalue weighted by atomic mass is 32.2. The number of thioether (sulfide) groups is 1. The summed E-state index contributed by atoms with van der Waals surface area (Å²) in [6.45, 7) is 0. The fourth-order valence-corrected chi connectivity index (χ4v) is 3.08. The Morgan fingerprint density at radius 2 is 2.44 bits per heavy atom. The van der Waals surface area contributed by atoms with Crippen LogP contribution in [-0.2, 0) is 4.79 Å². The molecular formula is C10H14N4OS. The number of amides is 1. The first-order valence-electron chi connectivity index (χ1n) is 5.12. The van der Waals surface area contributed by atoms with E-state index >= 15 is 0 Å². The summed E-state index contributed by atoms with van der Waals surface area (Å²) in [5.41, 5.74) is 10.4. The molecule has 1 aromatic heterocycles. The van der Waals surface area contributed by atoms with Crippen LogP contribution in [0.3, 0.4) is 0 Å². The van der Waals surface area contributed by atoms with E-state index in [-0.39, 0.29) is 0 Å². The van der Waals surface area contributed by atoms with Crippen molar-refractivity contribution in [3.63, 3.8) is 0 Å². The Morgan fingerprint density at radius 1 is 1.62 bits per heavy atom. The molecule has 2 rings (SSSR count). The second-order valence-electron chi connectivity index (χ2n) is 4.05. The largest absolute Gasteiger partial charge is 0.368 e. The molecule has 16 heavy (non-hydrogen) atoms. The average Bonchev–Trinajstić information content (AvgIpc) is 2.63. The topological polar surface area (TPSA) is 94.9 Å². The van der Waals surface area contributed by atoms with Crippen LogP contribution in [0.15, 0.2) is 23.6 Å². The van der Waals surface area contributed by atoms with Gasteiger partial charge in [-0.25, -0.2) is 9.97 Å². The number of hydrogen-bond donors (Lipinski definition) is 2. The molecule has 86 valence electrons. The van der Waals surface area contributed by atoms with Crippen molar-refractivity contribution in [2.75, 3.05) is 0 Å². The Kier molecular flexibility index (Phi) is 3.11. The van der Waals surface area contributed by atoms with Crippen molar-refractivity contribution in [1.29, 1.82) is 0 Å². The number of primary amides is 1. The van der Waals surface area contributed by atoms with Crippen LogP contribution in [0.2, 0.25) is 0 Å². The molecule has 1 fully saturated rings. The zero-order valence-electron chi connectivity index (χ0n) is 8.80. The first-order valence-corrected chi connectivity index (χ1v) is 5.99. The van der Waals surface area contributed by atoms with E-state index in [1.165, 1.54) is 6.33 Å². The molecular weight excluding hydrogens is 224 g/mol. The van der Waals surface area contributed by atoms with Gasteiger partial charge in [-0.15, -0.1) is 11.8 Å². The van der Waals surface area contributed by atoms with Gasteiger partial charge in [0, 0.05) is 11.4 Å². The third-order valence-corrected chi connectivity index (χ3v) is 4.06. The minimum absolute atomic E-state index is 0.312. The molecule has 0 bridgehead atoms. The quantitative estimate of drug-likeness (QED) is 0.739. The summed E-state index contributed by atoms with van der Waals surface area (Å²) in [4.78, 5) is 19.2. The maximum atomic E-state index is 11.2. The van der Waals surface area contributed by atoms with Gasteiger partial charge in [0.05, 0.1) is 10.6 Å². The maximum Gasteiger partial charge on any atom is 0.237 e. The molecule has 1 aliphatic rings. The normalized spacial score (nSPS) is 29.2. The van der Waals surface area contributed by atoms with Gasteiger partial charge in [0.15, 0.2) is 0 Å². The molecule has 1 amide bonds. The molecule has 0 radical (unpaired) electrons. The van der Waals surface area contributed by atoms with Gasteiger partial charge in [0.25, 0.3) is 0 Å². The lowest BCUT2D eigenvalue weighted by atomic mass is 9.99. The first kappa shape index (κ1) is 11.3. The average molecular weight is 238 g/mol. The van der Waals surface area contributed by atoms with Crippen LogP contribution in [0.25, 0.3) is 0 Å². The zero-order chi connectivity index (χ0) is 11.6. The number of rotatable bonds is 3. The van der Waals surface area contributed by atoms with Crippen molar-refractivity contribution in [2.24, 2.45) is 11.5 Å². The molecule has 0 aromatic carbocycles. The third kappa shape index (κ3) is 2.33. The van der Waals surface area contributed by atoms with E-state index in [4.69, 9.17) is 11.5 Å². The fourth-order valence-electron chi connectivity index (χ4n) is 1.87. The fraction of sp³-hybridized carbons (Fsp3) is 0.500. The molecule has 1 aliphatic carbocycles. The lowest BCUT2D eigenvalue weighted by molar-refractivity contribution is -0.122. The van der Waals surface area contributed by atoms with Gasteiger partial charge >= 0.3 is 0 Å². The number of nitrogens with two attached hydrogens (primary N) is 2. The van der Waals surface area contributed by atoms with Crippen molar-refractivity contribution in [3.8, 4) is 0 Å². The predicted octanol–water partition coefficient (Wildman–Crippen LogP) is 0.304. The van der Waals surface area contributed by atoms with Crippen molar-refractivity contribution >= 4 is 17.7 Å². The van der Waals surface area contributed by atoms with Gasteiger partial charge in [-0.2, -0.15) is 0 Å². The Balaban J connectivity index is 1.98. The summed E-state index contributed by atoms with van der Waals surface area (Å²) in [7, 11) is 0. The Labute approximate surface area is 98.0 Å². The van der Waals surface area contributed by atoms with Crippen molar-refractivity contribution in [1.82, 2.24) is 9.97 Å². The molecule has 0 spiro atoms. The predicted molar refractivity (Wildman–Crippen MR) is 61.6 cm³/mol. The highest BCUT2D eigenvalue weighted by molar-refractivity contribution is 7.99. The van der Waals surface area contributed by atoms with Crippen LogP contribution >= 0.6 is 11.8 Å². The van der Waals surface area contributed by atoms with E-state index in [0.29, 0.717) is 18.1 Å². The van der Waals surface area contributed by atoms with E-state index in [1.807, 2.05) is 6.07 Å². The van der Waals surface area contributed by atoms with Crippen LogP contribution < -0.4 is 11.5 Å². The SMILES string of the molecule is NC(=O)C1(N)CCC(Sc2ccncn2)C1. The molecule has 6 heteroatoms. The van der Waals surface area contributed by atoms with Crippen molar-refractivity contribution in [2.45, 2.75) is 35.1 Å². The molecule has 2 unspecified atom stereocenters. The summed E-state index contributed by atoms with van der Waals surface area (Å²) in [6, 6.07) is 1.85. The standard InChI is InChI=1S/C10H14N4OS/c11-9(15)10(12)3-1-7(5-10)16-8-2-4-13-6-14-8/h2,4,6-7H,1,3,5,12H2,(H2,11,15). The highest BCUT2D eigenvalue weighted by Gasteiger charge is 2.40.